The largest absolute Gasteiger partial charge is 0.756 e. The number of quaternary nitrogens is 1. The first-order valence-corrected chi connectivity index (χ1v) is 39.0. The maximum atomic E-state index is 13.6. The van der Waals surface area contributed by atoms with Crippen molar-refractivity contribution in [2.75, 3.05) is 40.9 Å². The summed E-state index contributed by atoms with van der Waals surface area (Å²) in [5.74, 6) is -0.551. The molecule has 91 heavy (non-hydrogen) atoms. The van der Waals surface area contributed by atoms with Crippen LogP contribution in [-0.2, 0) is 27.9 Å². The van der Waals surface area contributed by atoms with E-state index in [1.54, 1.807) is 0 Å². The Kier molecular flexibility index (Phi) is 66.1. The molecule has 0 saturated heterocycles. The molecule has 1 amide bonds. The highest BCUT2D eigenvalue weighted by Gasteiger charge is 2.27. The van der Waals surface area contributed by atoms with Crippen molar-refractivity contribution in [1.82, 2.24) is 5.32 Å². The van der Waals surface area contributed by atoms with Crippen molar-refractivity contribution in [1.29, 1.82) is 0 Å². The number of rotatable bonds is 67. The Morgan fingerprint density at radius 3 is 1.05 bits per heavy atom. The molecule has 10 heteroatoms. The fourth-order valence-corrected chi connectivity index (χ4v) is 11.1. The summed E-state index contributed by atoms with van der Waals surface area (Å²) < 4.78 is 30.5. The van der Waals surface area contributed by atoms with Gasteiger partial charge in [-0.15, -0.1) is 0 Å². The summed E-state index contributed by atoms with van der Waals surface area (Å²) in [5, 5.41) is 3.04. The second-order valence-corrected chi connectivity index (χ2v) is 27.4. The number of amides is 1. The maximum Gasteiger partial charge on any atom is 0.306 e. The molecule has 0 aliphatic heterocycles. The molecular formula is C81H141N2O7P. The van der Waals surface area contributed by atoms with Crippen molar-refractivity contribution in [2.45, 2.75) is 328 Å². The van der Waals surface area contributed by atoms with Gasteiger partial charge in [-0.05, 0) is 122 Å². The van der Waals surface area contributed by atoms with Gasteiger partial charge in [-0.1, -0.05) is 315 Å². The van der Waals surface area contributed by atoms with Crippen LogP contribution in [0.4, 0.5) is 0 Å². The van der Waals surface area contributed by atoms with Crippen LogP contribution in [0, 0.1) is 0 Å². The number of nitrogens with zero attached hydrogens (tertiary/aromatic N) is 1. The van der Waals surface area contributed by atoms with Crippen molar-refractivity contribution < 1.29 is 37.3 Å². The molecule has 0 aromatic rings. The minimum atomic E-state index is -4.72. The van der Waals surface area contributed by atoms with Crippen LogP contribution < -0.4 is 10.2 Å². The molecule has 0 radical (unpaired) electrons. The minimum absolute atomic E-state index is 0.0299. The number of phosphoric ester groups is 1. The molecule has 1 N–H and O–H groups in total. The van der Waals surface area contributed by atoms with Gasteiger partial charge in [0.2, 0.25) is 5.91 Å². The summed E-state index contributed by atoms with van der Waals surface area (Å²) in [6, 6.07) is -0.904. The first kappa shape index (κ1) is 87.2. The molecule has 0 rings (SSSR count). The van der Waals surface area contributed by atoms with Crippen LogP contribution in [0.5, 0.6) is 0 Å². The molecule has 0 aromatic carbocycles. The molecule has 0 saturated carbocycles. The number of unbranched alkanes of at least 4 members (excludes halogenated alkanes) is 31. The zero-order chi connectivity index (χ0) is 66.3. The van der Waals surface area contributed by atoms with Gasteiger partial charge in [0.1, 0.15) is 19.3 Å². The van der Waals surface area contributed by atoms with E-state index in [0.717, 1.165) is 148 Å². The maximum absolute atomic E-state index is 13.6. The first-order chi connectivity index (χ1) is 44.4. The third-order valence-corrected chi connectivity index (χ3v) is 17.0. The third kappa shape index (κ3) is 70.3. The number of hydrogen-bond donors (Lipinski definition) is 1. The van der Waals surface area contributed by atoms with E-state index in [2.05, 4.69) is 148 Å². The number of esters is 1. The van der Waals surface area contributed by atoms with Gasteiger partial charge in [0, 0.05) is 12.8 Å². The average Bonchev–Trinajstić information content (AvgIpc) is 3.73. The monoisotopic (exact) mass is 1290 g/mol. The van der Waals surface area contributed by atoms with Gasteiger partial charge in [-0.2, -0.15) is 0 Å². The van der Waals surface area contributed by atoms with Crippen molar-refractivity contribution >= 4 is 19.7 Å². The molecule has 0 fully saturated rings. The van der Waals surface area contributed by atoms with E-state index < -0.39 is 26.6 Å². The molecule has 3 atom stereocenters. The van der Waals surface area contributed by atoms with E-state index in [1.165, 1.54) is 135 Å². The molecule has 3 unspecified atom stereocenters. The predicted molar refractivity (Wildman–Crippen MR) is 394 cm³/mol. The van der Waals surface area contributed by atoms with Gasteiger partial charge in [0.05, 0.1) is 33.8 Å². The molecular weight excluding hydrogens is 1140 g/mol. The highest BCUT2D eigenvalue weighted by molar-refractivity contribution is 7.45. The number of nitrogens with one attached hydrogen (secondary N) is 1. The molecule has 9 nitrogen and oxygen atoms in total. The van der Waals surface area contributed by atoms with Crippen LogP contribution in [0.1, 0.15) is 316 Å². The fraction of sp³-hybridized carbons (Fsp3) is 0.704. The smallest absolute Gasteiger partial charge is 0.306 e. The van der Waals surface area contributed by atoms with Gasteiger partial charge >= 0.3 is 5.97 Å². The summed E-state index contributed by atoms with van der Waals surface area (Å²) >= 11 is 0. The number of phosphoric acid groups is 1. The number of carbonyl (C=O) groups excluding carboxylic acids is 2. The van der Waals surface area contributed by atoms with Gasteiger partial charge in [-0.3, -0.25) is 14.2 Å². The topological polar surface area (TPSA) is 114 Å². The Bertz CT molecular complexity index is 2020. The van der Waals surface area contributed by atoms with Crippen LogP contribution in [0.25, 0.3) is 0 Å². The van der Waals surface area contributed by atoms with E-state index in [0.29, 0.717) is 17.4 Å². The average molecular weight is 1290 g/mol. The van der Waals surface area contributed by atoms with E-state index in [1.807, 2.05) is 33.3 Å². The lowest BCUT2D eigenvalue weighted by Crippen LogP contribution is -2.47. The predicted octanol–water partition coefficient (Wildman–Crippen LogP) is 23.7. The van der Waals surface area contributed by atoms with Crippen molar-refractivity contribution in [3.63, 3.8) is 0 Å². The van der Waals surface area contributed by atoms with Crippen LogP contribution in [-0.4, -0.2) is 69.4 Å². The Hall–Kier alpha value is -3.85. The Labute approximate surface area is 562 Å². The molecule has 0 aromatic heterocycles. The molecule has 522 valence electrons. The van der Waals surface area contributed by atoms with Crippen LogP contribution in [0.2, 0.25) is 0 Å². The van der Waals surface area contributed by atoms with Crippen LogP contribution >= 0.6 is 7.82 Å². The number of hydrogen-bond acceptors (Lipinski definition) is 7. The van der Waals surface area contributed by atoms with E-state index in [-0.39, 0.29) is 24.9 Å². The Balaban J connectivity index is 5.07. The standard InChI is InChI=1S/C81H141N2O7P/c1-7-10-13-16-19-22-25-28-30-32-34-36-38-40-41-43-45-47-49-51-53-56-59-62-65-68-71-74-81(85)90-79(72-69-66-63-60-57-54-27-24-21-18-15-12-9-3)78(77-89-91(86,87)88-76-75-83(4,5)6)82-80(84)73-70-67-64-61-58-55-52-50-48-46-44-42-39-37-35-33-31-29-26-23-20-17-14-11-8-2/h10-11,13-14,19-20,22-23,28-31,34-37,40-42,44,69,72,78-79H,7-9,12,15-18,21,24-27,32-33,38-39,43,45-68,70-71,73-77H2,1-6H3,(H-,82,84,86,87)/b13-10-,14-11-,22-19-,23-20-,30-28-,31-29-,36-34-,37-35-,41-40-,44-42-,72-69+. The lowest BCUT2D eigenvalue weighted by atomic mass is 10.0. The SMILES string of the molecule is CC/C=C\C/C=C\C/C=C\C/C=C\C/C=C\CCCCCCCCCCCCCC(=O)OC(/C=C/CCCCCCCCCCCCC)C(COP(=O)([O-])OCC[N+](C)(C)C)NC(=O)CCCCCCCCCCC/C=C\C/C=C\C/C=C\C/C=C\C/C=C\CC. The van der Waals surface area contributed by atoms with Crippen LogP contribution in [0.15, 0.2) is 134 Å². The van der Waals surface area contributed by atoms with Crippen molar-refractivity contribution in [2.24, 2.45) is 0 Å². The van der Waals surface area contributed by atoms with Crippen molar-refractivity contribution in [3.05, 3.63) is 134 Å². The van der Waals surface area contributed by atoms with Gasteiger partial charge in [0.15, 0.2) is 0 Å². The summed E-state index contributed by atoms with van der Waals surface area (Å²) in [4.78, 5) is 40.3. The molecule has 0 spiro atoms. The lowest BCUT2D eigenvalue weighted by Gasteiger charge is -2.30. The highest BCUT2D eigenvalue weighted by atomic mass is 31.2. The summed E-state index contributed by atoms with van der Waals surface area (Å²) in [5.41, 5.74) is 0. The Morgan fingerprint density at radius 2 is 0.703 bits per heavy atom. The van der Waals surface area contributed by atoms with Gasteiger partial charge in [0.25, 0.3) is 7.82 Å². The van der Waals surface area contributed by atoms with Crippen molar-refractivity contribution in [3.8, 4) is 0 Å². The molecule has 0 aliphatic carbocycles. The fourth-order valence-electron chi connectivity index (χ4n) is 10.4. The normalized spacial score (nSPS) is 14.2. The highest BCUT2D eigenvalue weighted by Crippen LogP contribution is 2.38. The second kappa shape index (κ2) is 69.0. The quantitative estimate of drug-likeness (QED) is 0.0212. The first-order valence-electron chi connectivity index (χ1n) is 37.5. The van der Waals surface area contributed by atoms with E-state index in [4.69, 9.17) is 13.8 Å². The molecule has 0 heterocycles. The zero-order valence-electron chi connectivity index (χ0n) is 59.8. The summed E-state index contributed by atoms with van der Waals surface area (Å²) in [7, 11) is 1.17. The minimum Gasteiger partial charge on any atom is -0.756 e. The number of likely N-dealkylation sites (N-methyl/N-ethyl adjacent to an activating group) is 1. The van der Waals surface area contributed by atoms with Crippen LogP contribution in [0.3, 0.4) is 0 Å². The Morgan fingerprint density at radius 1 is 0.396 bits per heavy atom. The lowest BCUT2D eigenvalue weighted by molar-refractivity contribution is -0.870. The van der Waals surface area contributed by atoms with E-state index in [9.17, 15) is 19.0 Å². The summed E-state index contributed by atoms with van der Waals surface area (Å²) in [6.45, 7) is 6.63. The summed E-state index contributed by atoms with van der Waals surface area (Å²) in [6.07, 6.45) is 98.6. The zero-order valence-corrected chi connectivity index (χ0v) is 60.7. The van der Waals surface area contributed by atoms with Gasteiger partial charge in [-0.25, -0.2) is 0 Å². The van der Waals surface area contributed by atoms with E-state index >= 15 is 0 Å². The van der Waals surface area contributed by atoms with Gasteiger partial charge < -0.3 is 28.5 Å². The second-order valence-electron chi connectivity index (χ2n) is 26.0. The number of allylic oxidation sites excluding steroid dienone is 21. The molecule has 0 bridgehead atoms. The molecule has 0 aliphatic rings. The third-order valence-electron chi connectivity index (χ3n) is 16.1. The number of ether oxygens (including phenoxy) is 1. The number of carbonyl (C=O) groups is 2.